The molecule has 0 spiro atoms. The fourth-order valence-electron chi connectivity index (χ4n) is 4.97. The zero-order chi connectivity index (χ0) is 28.2. The van der Waals surface area contributed by atoms with Gasteiger partial charge >= 0.3 is 0 Å². The summed E-state index contributed by atoms with van der Waals surface area (Å²) in [5.74, 6) is 2.16. The Hall–Kier alpha value is -4.40. The van der Waals surface area contributed by atoms with Gasteiger partial charge in [-0.2, -0.15) is 0 Å². The van der Waals surface area contributed by atoms with Gasteiger partial charge < -0.3 is 29.2 Å². The molecule has 5 rings (SSSR count). The van der Waals surface area contributed by atoms with Crippen molar-refractivity contribution < 1.29 is 38.9 Å². The van der Waals surface area contributed by atoms with Gasteiger partial charge in [0.2, 0.25) is 0 Å². The molecule has 4 aromatic rings. The van der Waals surface area contributed by atoms with Crippen molar-refractivity contribution in [3.05, 3.63) is 95.1 Å². The van der Waals surface area contributed by atoms with Gasteiger partial charge in [-0.15, -0.1) is 0 Å². The van der Waals surface area contributed by atoms with Crippen molar-refractivity contribution >= 4 is 0 Å². The first-order valence-electron chi connectivity index (χ1n) is 12.9. The molecule has 0 aliphatic carbocycles. The van der Waals surface area contributed by atoms with Gasteiger partial charge in [0.25, 0.3) is 0 Å². The highest BCUT2D eigenvalue weighted by atomic mass is 17.2. The molecule has 40 heavy (non-hydrogen) atoms. The summed E-state index contributed by atoms with van der Waals surface area (Å²) in [4.78, 5) is 10.8. The topological polar surface area (TPSA) is 95.8 Å². The predicted octanol–water partition coefficient (Wildman–Crippen LogP) is 6.33. The monoisotopic (exact) mass is 544 g/mol. The summed E-state index contributed by atoms with van der Waals surface area (Å²) < 4.78 is 22.0. The molecule has 0 amide bonds. The first-order chi connectivity index (χ1) is 19.4. The first kappa shape index (κ1) is 27.2. The molecule has 0 aromatic heterocycles. The Balaban J connectivity index is 1.44. The molecule has 1 saturated heterocycles. The minimum Gasteiger partial charge on any atom is -0.507 e. The molecule has 2 unspecified atom stereocenters. The molecule has 1 aliphatic rings. The highest BCUT2D eigenvalue weighted by molar-refractivity contribution is 5.86. The maximum absolute atomic E-state index is 11.2. The summed E-state index contributed by atoms with van der Waals surface area (Å²) in [5.41, 5.74) is 4.19. The van der Waals surface area contributed by atoms with Gasteiger partial charge in [0.05, 0.1) is 39.6 Å². The van der Waals surface area contributed by atoms with Crippen molar-refractivity contribution in [3.8, 4) is 45.6 Å². The lowest BCUT2D eigenvalue weighted by Gasteiger charge is -2.35. The number of aromatic hydroxyl groups is 2. The van der Waals surface area contributed by atoms with Crippen LogP contribution in [0, 0.1) is 0 Å². The van der Waals surface area contributed by atoms with Crippen LogP contribution in [0.1, 0.15) is 34.5 Å². The average molecular weight is 545 g/mol. The molecule has 0 saturated carbocycles. The van der Waals surface area contributed by atoms with Crippen LogP contribution in [0.15, 0.2) is 72.8 Å². The van der Waals surface area contributed by atoms with E-state index in [1.807, 2.05) is 54.6 Å². The molecule has 4 aromatic carbocycles. The Bertz CT molecular complexity index is 1500. The average Bonchev–Trinajstić information content (AvgIpc) is 2.95. The van der Waals surface area contributed by atoms with E-state index >= 15 is 0 Å². The van der Waals surface area contributed by atoms with E-state index in [1.54, 1.807) is 32.4 Å². The van der Waals surface area contributed by atoms with Crippen LogP contribution in [-0.2, 0) is 22.6 Å². The van der Waals surface area contributed by atoms with Gasteiger partial charge in [0, 0.05) is 0 Å². The van der Waals surface area contributed by atoms with E-state index in [2.05, 4.69) is 0 Å². The molecule has 1 heterocycles. The van der Waals surface area contributed by atoms with Gasteiger partial charge in [-0.1, -0.05) is 24.3 Å². The van der Waals surface area contributed by atoms with Crippen LogP contribution in [-0.4, -0.2) is 38.7 Å². The SMILES string of the molecule is COc1cccc(CCc2cc(O)c(-c3c(O)cc(C4OOC4c4cccc(OC)c4)cc3OC)c(OC)c2)c1. The van der Waals surface area contributed by atoms with Gasteiger partial charge in [-0.05, 0) is 83.6 Å². The van der Waals surface area contributed by atoms with Gasteiger partial charge in [-0.3, -0.25) is 0 Å². The second-order valence-electron chi connectivity index (χ2n) is 9.47. The lowest BCUT2D eigenvalue weighted by molar-refractivity contribution is -0.475. The molecule has 0 radical (unpaired) electrons. The minimum atomic E-state index is -0.476. The smallest absolute Gasteiger partial charge is 0.152 e. The molecule has 8 heteroatoms. The van der Waals surface area contributed by atoms with E-state index in [0.29, 0.717) is 40.4 Å². The summed E-state index contributed by atoms with van der Waals surface area (Å²) in [5, 5.41) is 22.3. The largest absolute Gasteiger partial charge is 0.507 e. The summed E-state index contributed by atoms with van der Waals surface area (Å²) in [7, 11) is 6.28. The quantitative estimate of drug-likeness (QED) is 0.224. The number of benzene rings is 4. The molecular weight excluding hydrogens is 512 g/mol. The normalized spacial score (nSPS) is 16.2. The summed E-state index contributed by atoms with van der Waals surface area (Å²) in [6.07, 6.45) is 0.553. The third-order valence-corrected chi connectivity index (χ3v) is 7.06. The van der Waals surface area contributed by atoms with Crippen LogP contribution < -0.4 is 18.9 Å². The Morgan fingerprint density at radius 3 is 1.80 bits per heavy atom. The Kier molecular flexibility index (Phi) is 8.00. The van der Waals surface area contributed by atoms with Gasteiger partial charge in [-0.25, -0.2) is 9.78 Å². The standard InChI is InChI=1S/C32H32O8/c1-35-23-9-5-7-19(13-23)11-12-20-14-25(33)29(27(15-20)37-3)30-26(34)17-22(18-28(30)38-4)32-31(39-40-32)21-8-6-10-24(16-21)36-2/h5-10,13-18,31-34H,11-12H2,1-4H3. The maximum atomic E-state index is 11.2. The lowest BCUT2D eigenvalue weighted by Crippen LogP contribution is -2.28. The highest BCUT2D eigenvalue weighted by Gasteiger charge is 2.39. The van der Waals surface area contributed by atoms with Crippen LogP contribution in [0.5, 0.6) is 34.5 Å². The van der Waals surface area contributed by atoms with Crippen molar-refractivity contribution in [2.45, 2.75) is 25.0 Å². The number of phenolic OH excluding ortho intramolecular Hbond substituents is 2. The molecule has 1 aliphatic heterocycles. The number of methoxy groups -OCH3 is 4. The van der Waals surface area contributed by atoms with Crippen LogP contribution in [0.25, 0.3) is 11.1 Å². The number of ether oxygens (including phenoxy) is 4. The Morgan fingerprint density at radius 1 is 0.575 bits per heavy atom. The minimum absolute atomic E-state index is 0.0289. The van der Waals surface area contributed by atoms with Gasteiger partial charge in [0.1, 0.15) is 34.5 Å². The fourth-order valence-corrected chi connectivity index (χ4v) is 4.97. The molecule has 2 N–H and O–H groups in total. The molecule has 2 atom stereocenters. The molecular formula is C32H32O8. The Labute approximate surface area is 233 Å². The second-order valence-corrected chi connectivity index (χ2v) is 9.47. The molecule has 208 valence electrons. The molecule has 0 bridgehead atoms. The number of hydrogen-bond donors (Lipinski definition) is 2. The fraction of sp³-hybridized carbons (Fsp3) is 0.250. The second kappa shape index (κ2) is 11.8. The summed E-state index contributed by atoms with van der Waals surface area (Å²) in [6.45, 7) is 0. The zero-order valence-electron chi connectivity index (χ0n) is 22.8. The van der Waals surface area contributed by atoms with Crippen molar-refractivity contribution in [1.29, 1.82) is 0 Å². The number of phenols is 2. The van der Waals surface area contributed by atoms with Crippen LogP contribution >= 0.6 is 0 Å². The van der Waals surface area contributed by atoms with E-state index < -0.39 is 12.2 Å². The van der Waals surface area contributed by atoms with Crippen LogP contribution in [0.4, 0.5) is 0 Å². The van der Waals surface area contributed by atoms with Crippen LogP contribution in [0.2, 0.25) is 0 Å². The van der Waals surface area contributed by atoms with Crippen molar-refractivity contribution in [2.75, 3.05) is 28.4 Å². The Morgan fingerprint density at radius 2 is 1.15 bits per heavy atom. The van der Waals surface area contributed by atoms with E-state index in [1.165, 1.54) is 14.2 Å². The van der Waals surface area contributed by atoms with Crippen molar-refractivity contribution in [1.82, 2.24) is 0 Å². The van der Waals surface area contributed by atoms with E-state index in [0.717, 1.165) is 28.9 Å². The number of aryl methyl sites for hydroxylation is 2. The van der Waals surface area contributed by atoms with E-state index in [4.69, 9.17) is 28.7 Å². The summed E-state index contributed by atoms with van der Waals surface area (Å²) >= 11 is 0. The van der Waals surface area contributed by atoms with Crippen molar-refractivity contribution in [3.63, 3.8) is 0 Å². The third-order valence-electron chi connectivity index (χ3n) is 7.06. The number of rotatable bonds is 10. The first-order valence-corrected chi connectivity index (χ1v) is 12.9. The maximum Gasteiger partial charge on any atom is 0.152 e. The molecule has 1 fully saturated rings. The van der Waals surface area contributed by atoms with E-state index in [-0.39, 0.29) is 11.5 Å². The number of hydrogen-bond acceptors (Lipinski definition) is 8. The molecule has 8 nitrogen and oxygen atoms in total. The van der Waals surface area contributed by atoms with Crippen molar-refractivity contribution in [2.24, 2.45) is 0 Å². The van der Waals surface area contributed by atoms with Gasteiger partial charge in [0.15, 0.2) is 12.2 Å². The zero-order valence-corrected chi connectivity index (χ0v) is 22.8. The third kappa shape index (κ3) is 5.36. The van der Waals surface area contributed by atoms with Crippen LogP contribution in [0.3, 0.4) is 0 Å². The predicted molar refractivity (Wildman–Crippen MR) is 149 cm³/mol. The van der Waals surface area contributed by atoms with E-state index in [9.17, 15) is 10.2 Å². The summed E-state index contributed by atoms with van der Waals surface area (Å²) in [6, 6.07) is 22.3. The highest BCUT2D eigenvalue weighted by Crippen LogP contribution is 2.52. The lowest BCUT2D eigenvalue weighted by atomic mass is 9.92.